The van der Waals surface area contributed by atoms with Crippen LogP contribution in [-0.4, -0.2) is 78.5 Å². The molecule has 2 fully saturated rings. The third-order valence-corrected chi connectivity index (χ3v) is 4.90. The van der Waals surface area contributed by atoms with Gasteiger partial charge in [-0.15, -0.1) is 0 Å². The summed E-state index contributed by atoms with van der Waals surface area (Å²) in [7, 11) is 0. The van der Waals surface area contributed by atoms with E-state index in [1.807, 2.05) is 0 Å². The Morgan fingerprint density at radius 2 is 1.90 bits per heavy atom. The zero-order valence-corrected chi connectivity index (χ0v) is 13.8. The van der Waals surface area contributed by atoms with Gasteiger partial charge in [0.1, 0.15) is 0 Å². The number of carbonyl (C=O) groups is 1. The maximum Gasteiger partial charge on any atom is 0.236 e. The highest BCUT2D eigenvalue weighted by Gasteiger charge is 2.32. The molecule has 2 aliphatic rings. The van der Waals surface area contributed by atoms with Gasteiger partial charge < -0.3 is 10.6 Å². The molecular weight excluding hydrogens is 264 g/mol. The van der Waals surface area contributed by atoms with Gasteiger partial charge in [0.2, 0.25) is 5.91 Å². The first kappa shape index (κ1) is 16.7. The minimum atomic E-state index is 0.322. The molecule has 0 aromatic rings. The lowest BCUT2D eigenvalue weighted by molar-refractivity contribution is -0.133. The second-order valence-corrected chi connectivity index (χ2v) is 6.36. The number of nitrogens with two attached hydrogens (primary N) is 1. The summed E-state index contributed by atoms with van der Waals surface area (Å²) in [5.41, 5.74) is 5.70. The number of rotatable bonds is 8. The summed E-state index contributed by atoms with van der Waals surface area (Å²) < 4.78 is 0. The Kier molecular flexibility index (Phi) is 6.45. The number of nitrogens with zero attached hydrogens (tertiary/aromatic N) is 3. The van der Waals surface area contributed by atoms with Gasteiger partial charge in [-0.25, -0.2) is 0 Å². The van der Waals surface area contributed by atoms with Crippen LogP contribution in [0, 0.1) is 0 Å². The second kappa shape index (κ2) is 8.11. The fourth-order valence-electron chi connectivity index (χ4n) is 3.43. The van der Waals surface area contributed by atoms with Crippen LogP contribution in [0.4, 0.5) is 0 Å². The highest BCUT2D eigenvalue weighted by atomic mass is 16.2. The van der Waals surface area contributed by atoms with Gasteiger partial charge in [0.15, 0.2) is 0 Å². The molecule has 1 heterocycles. The molecule has 1 atom stereocenters. The summed E-state index contributed by atoms with van der Waals surface area (Å²) in [6, 6.07) is 1.16. The Bertz CT molecular complexity index is 324. The van der Waals surface area contributed by atoms with Crippen LogP contribution >= 0.6 is 0 Å². The Hall–Kier alpha value is -0.650. The third-order valence-electron chi connectivity index (χ3n) is 4.90. The molecule has 1 aliphatic heterocycles. The van der Waals surface area contributed by atoms with Crippen LogP contribution in [-0.2, 0) is 4.79 Å². The van der Waals surface area contributed by atoms with Gasteiger partial charge in [0.05, 0.1) is 6.54 Å². The predicted octanol–water partition coefficient (Wildman–Crippen LogP) is 0.742. The molecule has 1 aliphatic carbocycles. The van der Waals surface area contributed by atoms with Gasteiger partial charge in [-0.2, -0.15) is 0 Å². The summed E-state index contributed by atoms with van der Waals surface area (Å²) in [6.07, 6.45) is 4.65. The molecule has 1 unspecified atom stereocenters. The van der Waals surface area contributed by atoms with Gasteiger partial charge in [0, 0.05) is 44.8 Å². The quantitative estimate of drug-likeness (QED) is 0.718. The van der Waals surface area contributed by atoms with Crippen molar-refractivity contribution in [3.05, 3.63) is 0 Å². The SMILES string of the molecule is CCC(CCN)N1CCN(CC(=O)N(CC)C2CC2)CC1. The predicted molar refractivity (Wildman–Crippen MR) is 86.2 cm³/mol. The Morgan fingerprint density at radius 3 is 2.38 bits per heavy atom. The van der Waals surface area contributed by atoms with E-state index in [9.17, 15) is 4.79 Å². The van der Waals surface area contributed by atoms with Crippen LogP contribution in [0.15, 0.2) is 0 Å². The van der Waals surface area contributed by atoms with Gasteiger partial charge in [-0.05, 0) is 39.2 Å². The van der Waals surface area contributed by atoms with Crippen molar-refractivity contribution in [2.45, 2.75) is 51.6 Å². The normalized spacial score (nSPS) is 22.2. The molecule has 0 aromatic carbocycles. The van der Waals surface area contributed by atoms with E-state index >= 15 is 0 Å². The molecule has 2 rings (SSSR count). The maximum atomic E-state index is 12.4. The molecule has 0 spiro atoms. The first-order valence-corrected chi connectivity index (χ1v) is 8.65. The topological polar surface area (TPSA) is 52.8 Å². The molecule has 0 bridgehead atoms. The van der Waals surface area contributed by atoms with Gasteiger partial charge in [-0.3, -0.25) is 14.6 Å². The minimum Gasteiger partial charge on any atom is -0.339 e. The van der Waals surface area contributed by atoms with Crippen LogP contribution in [0.1, 0.15) is 39.5 Å². The second-order valence-electron chi connectivity index (χ2n) is 6.36. The van der Waals surface area contributed by atoms with Crippen molar-refractivity contribution in [3.63, 3.8) is 0 Å². The number of likely N-dealkylation sites (N-methyl/N-ethyl adjacent to an activating group) is 1. The first-order chi connectivity index (χ1) is 10.2. The Balaban J connectivity index is 1.74. The molecule has 2 N–H and O–H groups in total. The molecule has 0 aromatic heterocycles. The molecule has 5 nitrogen and oxygen atoms in total. The highest BCUT2D eigenvalue weighted by molar-refractivity contribution is 5.78. The van der Waals surface area contributed by atoms with Crippen molar-refractivity contribution < 1.29 is 4.79 Å². The van der Waals surface area contributed by atoms with E-state index < -0.39 is 0 Å². The fraction of sp³-hybridized carbons (Fsp3) is 0.938. The molecule has 21 heavy (non-hydrogen) atoms. The summed E-state index contributed by atoms with van der Waals surface area (Å²) >= 11 is 0. The highest BCUT2D eigenvalue weighted by Crippen LogP contribution is 2.26. The zero-order chi connectivity index (χ0) is 15.2. The van der Waals surface area contributed by atoms with Crippen LogP contribution in [0.2, 0.25) is 0 Å². The minimum absolute atomic E-state index is 0.322. The van der Waals surface area contributed by atoms with Crippen LogP contribution in [0.3, 0.4) is 0 Å². The van der Waals surface area contributed by atoms with E-state index in [1.54, 1.807) is 0 Å². The van der Waals surface area contributed by atoms with Gasteiger partial charge in [-0.1, -0.05) is 6.92 Å². The van der Waals surface area contributed by atoms with E-state index in [4.69, 9.17) is 5.73 Å². The molecule has 0 radical (unpaired) electrons. The lowest BCUT2D eigenvalue weighted by Gasteiger charge is -2.39. The summed E-state index contributed by atoms with van der Waals surface area (Å²) in [5, 5.41) is 0. The molecular formula is C16H32N4O. The van der Waals surface area contributed by atoms with Gasteiger partial charge >= 0.3 is 0 Å². The van der Waals surface area contributed by atoms with Gasteiger partial charge in [0.25, 0.3) is 0 Å². The standard InChI is InChI=1S/C16H32N4O/c1-3-14(7-8-17)19-11-9-18(10-12-19)13-16(21)20(4-2)15-5-6-15/h14-15H,3-13,17H2,1-2H3. The van der Waals surface area contributed by atoms with Crippen LogP contribution in [0.25, 0.3) is 0 Å². The largest absolute Gasteiger partial charge is 0.339 e. The smallest absolute Gasteiger partial charge is 0.236 e. The summed E-state index contributed by atoms with van der Waals surface area (Å²) in [5.74, 6) is 0.322. The van der Waals surface area contributed by atoms with Crippen molar-refractivity contribution in [2.24, 2.45) is 5.73 Å². The Labute approximate surface area is 129 Å². The molecule has 1 amide bonds. The number of hydrogen-bond acceptors (Lipinski definition) is 4. The van der Waals surface area contributed by atoms with Crippen molar-refractivity contribution in [1.29, 1.82) is 0 Å². The monoisotopic (exact) mass is 296 g/mol. The fourth-order valence-corrected chi connectivity index (χ4v) is 3.43. The number of hydrogen-bond donors (Lipinski definition) is 1. The van der Waals surface area contributed by atoms with Crippen molar-refractivity contribution in [3.8, 4) is 0 Å². The van der Waals surface area contributed by atoms with Crippen molar-refractivity contribution in [2.75, 3.05) is 45.8 Å². The van der Waals surface area contributed by atoms with E-state index in [0.29, 0.717) is 24.5 Å². The summed E-state index contributed by atoms with van der Waals surface area (Å²) in [6.45, 7) is 10.7. The van der Waals surface area contributed by atoms with Crippen molar-refractivity contribution >= 4 is 5.91 Å². The maximum absolute atomic E-state index is 12.4. The zero-order valence-electron chi connectivity index (χ0n) is 13.8. The van der Waals surface area contributed by atoms with E-state index in [-0.39, 0.29) is 0 Å². The number of amides is 1. The average Bonchev–Trinajstić information content (AvgIpc) is 3.31. The third kappa shape index (κ3) is 4.66. The molecule has 122 valence electrons. The number of carbonyl (C=O) groups excluding carboxylic acids is 1. The lowest BCUT2D eigenvalue weighted by Crippen LogP contribution is -2.53. The average molecular weight is 296 g/mol. The first-order valence-electron chi connectivity index (χ1n) is 8.65. The van der Waals surface area contributed by atoms with Crippen LogP contribution < -0.4 is 5.73 Å². The molecule has 1 saturated carbocycles. The molecule has 5 heteroatoms. The number of piperazine rings is 1. The molecule has 1 saturated heterocycles. The van der Waals surface area contributed by atoms with Crippen LogP contribution in [0.5, 0.6) is 0 Å². The van der Waals surface area contributed by atoms with E-state index in [1.165, 1.54) is 19.3 Å². The Morgan fingerprint density at radius 1 is 1.24 bits per heavy atom. The van der Waals surface area contributed by atoms with Crippen molar-refractivity contribution in [1.82, 2.24) is 14.7 Å². The van der Waals surface area contributed by atoms with E-state index in [2.05, 4.69) is 28.5 Å². The summed E-state index contributed by atoms with van der Waals surface area (Å²) in [4.78, 5) is 19.3. The lowest BCUT2D eigenvalue weighted by atomic mass is 10.1. The van der Waals surface area contributed by atoms with E-state index in [0.717, 1.165) is 45.7 Å².